The van der Waals surface area contributed by atoms with Gasteiger partial charge in [-0.1, -0.05) is 115 Å². The van der Waals surface area contributed by atoms with E-state index < -0.39 is 23.2 Å². The van der Waals surface area contributed by atoms with Crippen LogP contribution in [0.3, 0.4) is 0 Å². The lowest BCUT2D eigenvalue weighted by molar-refractivity contribution is 0.0988. The van der Waals surface area contributed by atoms with Gasteiger partial charge < -0.3 is 0 Å². The second-order valence-electron chi connectivity index (χ2n) is 15.1. The number of benzene rings is 4. The van der Waals surface area contributed by atoms with Crippen molar-refractivity contribution in [2.75, 3.05) is 9.80 Å². The van der Waals surface area contributed by atoms with Crippen LogP contribution in [-0.2, 0) is 0 Å². The molecule has 7 rings (SSSR count). The van der Waals surface area contributed by atoms with Crippen LogP contribution >= 0.6 is 23.2 Å². The lowest BCUT2D eigenvalue weighted by Crippen LogP contribution is -2.26. The number of carbonyl (C=O) groups is 2. The lowest BCUT2D eigenvalue weighted by Gasteiger charge is -2.32. The number of halogens is 4. The highest BCUT2D eigenvalue weighted by Gasteiger charge is 2.42. The fraction of sp³-hybridized carbons (Fsp3) is 0.273. The van der Waals surface area contributed by atoms with Gasteiger partial charge in [0.1, 0.15) is 5.82 Å². The Balaban J connectivity index is 1.63. The van der Waals surface area contributed by atoms with Crippen molar-refractivity contribution in [2.45, 2.75) is 79.1 Å². The minimum absolute atomic E-state index is 0.0870. The number of hydrogen-bond donors (Lipinski definition) is 0. The predicted molar refractivity (Wildman–Crippen MR) is 214 cm³/mol. The molecular formula is C44H40Cl2F2N4O2. The Morgan fingerprint density at radius 3 is 1.26 bits per heavy atom. The Labute approximate surface area is 324 Å². The van der Waals surface area contributed by atoms with E-state index in [9.17, 15) is 18.4 Å². The number of aromatic nitrogens is 2. The molecule has 0 spiro atoms. The third-order valence-corrected chi connectivity index (χ3v) is 10.8. The summed E-state index contributed by atoms with van der Waals surface area (Å²) in [5, 5.41) is 0.674. The molecule has 0 unspecified atom stereocenters. The number of fused-ring (bicyclic) bond motifs is 3. The van der Waals surface area contributed by atoms with Crippen LogP contribution in [0.1, 0.15) is 122 Å². The van der Waals surface area contributed by atoms with Gasteiger partial charge in [-0.15, -0.1) is 0 Å². The fourth-order valence-electron chi connectivity index (χ4n) is 7.41. The van der Waals surface area contributed by atoms with Gasteiger partial charge in [0.2, 0.25) is 0 Å². The zero-order valence-corrected chi connectivity index (χ0v) is 32.9. The summed E-state index contributed by atoms with van der Waals surface area (Å²) in [7, 11) is 0. The Morgan fingerprint density at radius 1 is 0.574 bits per heavy atom. The lowest BCUT2D eigenvalue weighted by atomic mass is 9.91. The van der Waals surface area contributed by atoms with Gasteiger partial charge in [0.15, 0.2) is 34.8 Å². The second-order valence-corrected chi connectivity index (χ2v) is 15.9. The molecule has 0 saturated carbocycles. The van der Waals surface area contributed by atoms with Crippen LogP contribution in [0.4, 0.5) is 31.8 Å². The number of carbonyl (C=O) groups excluding carboxylic acids is 2. The van der Waals surface area contributed by atoms with Gasteiger partial charge >= 0.3 is 0 Å². The first-order valence-corrected chi connectivity index (χ1v) is 18.9. The van der Waals surface area contributed by atoms with E-state index in [-0.39, 0.29) is 40.4 Å². The zero-order chi connectivity index (χ0) is 38.9. The molecule has 1 aromatic heterocycles. The number of hydrogen-bond acceptors (Lipinski definition) is 6. The first-order valence-electron chi connectivity index (χ1n) is 18.1. The standard InChI is InChI=1S/C44H40Cl2F2N4O2/c1-21(2)25-11-9-12-26(22(3)4)39(25)51-38(16-15-29-41(53)30-17-34(47)35(48)18-31(30)42(29)54)52(40-27(23(5)6)13-10-14-28(40)24(7)8)44-43(51)49-36-19-32(45)33(46)20-37(36)50-44/h9-24H,1-8H3. The quantitative estimate of drug-likeness (QED) is 0.121. The molecule has 1 aliphatic carbocycles. The first kappa shape index (κ1) is 37.4. The number of nitrogens with zero attached hydrogens (tertiary/aromatic N) is 4. The summed E-state index contributed by atoms with van der Waals surface area (Å²) >= 11 is 13.1. The Bertz CT molecular complexity index is 2260. The van der Waals surface area contributed by atoms with Crippen LogP contribution in [-0.4, -0.2) is 21.5 Å². The van der Waals surface area contributed by atoms with Gasteiger partial charge in [0, 0.05) is 11.1 Å². The topological polar surface area (TPSA) is 66.4 Å². The van der Waals surface area contributed by atoms with Crippen LogP contribution in [0.2, 0.25) is 10.0 Å². The Morgan fingerprint density at radius 2 is 0.926 bits per heavy atom. The van der Waals surface area contributed by atoms with Crippen LogP contribution < -0.4 is 9.80 Å². The minimum Gasteiger partial charge on any atom is -0.288 e. The van der Waals surface area contributed by atoms with Gasteiger partial charge in [-0.05, 0) is 82.3 Å². The van der Waals surface area contributed by atoms with Crippen molar-refractivity contribution in [2.24, 2.45) is 0 Å². The summed E-state index contributed by atoms with van der Waals surface area (Å²) in [6.45, 7) is 17.1. The van der Waals surface area contributed by atoms with Crippen LogP contribution in [0.25, 0.3) is 11.0 Å². The van der Waals surface area contributed by atoms with Crippen molar-refractivity contribution < 1.29 is 18.4 Å². The smallest absolute Gasteiger partial charge is 0.197 e. The van der Waals surface area contributed by atoms with Crippen molar-refractivity contribution in [1.82, 2.24) is 9.97 Å². The summed E-state index contributed by atoms with van der Waals surface area (Å²) in [6.07, 6.45) is 3.18. The van der Waals surface area contributed by atoms with Crippen molar-refractivity contribution in [3.63, 3.8) is 0 Å². The number of anilines is 4. The maximum absolute atomic E-state index is 14.3. The van der Waals surface area contributed by atoms with E-state index in [1.54, 1.807) is 18.2 Å². The Hall–Kier alpha value is -4.92. The highest BCUT2D eigenvalue weighted by atomic mass is 35.5. The SMILES string of the molecule is CC(C)c1cccc(C(C)C)c1N1C(=CC=C2C(=O)c3cc(F)c(F)cc3C2=O)N(c2c(C(C)C)cccc2C(C)C)c2nc3cc(Cl)c(Cl)cc3nc21. The fourth-order valence-corrected chi connectivity index (χ4v) is 7.72. The molecule has 4 aromatic carbocycles. The molecule has 0 N–H and O–H groups in total. The second kappa shape index (κ2) is 14.1. The normalized spacial score (nSPS) is 14.1. The van der Waals surface area contributed by atoms with Crippen molar-refractivity contribution in [1.29, 1.82) is 0 Å². The monoisotopic (exact) mass is 764 g/mol. The van der Waals surface area contributed by atoms with Gasteiger partial charge in [-0.3, -0.25) is 19.4 Å². The van der Waals surface area contributed by atoms with Crippen molar-refractivity contribution in [3.8, 4) is 0 Å². The van der Waals surface area contributed by atoms with Crippen molar-refractivity contribution >= 4 is 68.8 Å². The highest BCUT2D eigenvalue weighted by molar-refractivity contribution is 6.42. The number of para-hydroxylation sites is 2. The molecule has 5 aromatic rings. The molecule has 10 heteroatoms. The molecule has 0 amide bonds. The summed E-state index contributed by atoms with van der Waals surface area (Å²) < 4.78 is 28.7. The van der Waals surface area contributed by atoms with E-state index in [1.807, 2.05) is 0 Å². The molecule has 0 saturated heterocycles. The van der Waals surface area contributed by atoms with Crippen LogP contribution in [0, 0.1) is 11.6 Å². The molecule has 276 valence electrons. The van der Waals surface area contributed by atoms with E-state index >= 15 is 0 Å². The van der Waals surface area contributed by atoms with Crippen LogP contribution in [0.5, 0.6) is 0 Å². The minimum atomic E-state index is -1.19. The third-order valence-electron chi connectivity index (χ3n) is 10.1. The summed E-state index contributed by atoms with van der Waals surface area (Å²) in [5.74, 6) is -1.80. The van der Waals surface area contributed by atoms with E-state index in [0.717, 1.165) is 45.8 Å². The highest BCUT2D eigenvalue weighted by Crippen LogP contribution is 2.54. The average Bonchev–Trinajstić information content (AvgIpc) is 3.54. The number of rotatable bonds is 7. The van der Waals surface area contributed by atoms with Gasteiger partial charge in [-0.2, -0.15) is 0 Å². The maximum atomic E-state index is 14.3. The van der Waals surface area contributed by atoms with Gasteiger partial charge in [0.25, 0.3) is 0 Å². The molecule has 1 aliphatic heterocycles. The van der Waals surface area contributed by atoms with Crippen LogP contribution in [0.15, 0.2) is 84.2 Å². The summed E-state index contributed by atoms with van der Waals surface area (Å²) in [6, 6.07) is 17.5. The molecule has 0 fully saturated rings. The number of ketones is 2. The predicted octanol–water partition coefficient (Wildman–Crippen LogP) is 12.8. The molecule has 0 bridgehead atoms. The number of allylic oxidation sites excluding steroid dienone is 3. The maximum Gasteiger partial charge on any atom is 0.197 e. The van der Waals surface area contributed by atoms with E-state index in [0.29, 0.717) is 38.5 Å². The van der Waals surface area contributed by atoms with Gasteiger partial charge in [-0.25, -0.2) is 18.7 Å². The summed E-state index contributed by atoms with van der Waals surface area (Å²) in [5.41, 5.74) is 6.52. The molecule has 54 heavy (non-hydrogen) atoms. The molecule has 2 heterocycles. The third kappa shape index (κ3) is 6.09. The molecule has 2 aliphatic rings. The molecule has 0 atom stereocenters. The Kier molecular flexibility index (Phi) is 9.73. The average molecular weight is 766 g/mol. The number of Topliss-reactive ketones (excluding diaryl/α,β-unsaturated/α-hetero) is 2. The largest absolute Gasteiger partial charge is 0.288 e. The van der Waals surface area contributed by atoms with E-state index in [2.05, 4.69) is 102 Å². The zero-order valence-electron chi connectivity index (χ0n) is 31.4. The van der Waals surface area contributed by atoms with Gasteiger partial charge in [0.05, 0.1) is 38.0 Å². The van der Waals surface area contributed by atoms with E-state index in [4.69, 9.17) is 33.2 Å². The molecule has 6 nitrogen and oxygen atoms in total. The first-order chi connectivity index (χ1) is 25.6. The van der Waals surface area contributed by atoms with E-state index in [1.165, 1.54) is 6.08 Å². The molecular weight excluding hydrogens is 725 g/mol. The summed E-state index contributed by atoms with van der Waals surface area (Å²) in [4.78, 5) is 42.0. The molecule has 0 radical (unpaired) electrons. The van der Waals surface area contributed by atoms with Crippen molar-refractivity contribution in [3.05, 3.63) is 139 Å².